The van der Waals surface area contributed by atoms with E-state index < -0.39 is 5.82 Å². The minimum atomic E-state index is -0.408. The lowest BCUT2D eigenvalue weighted by Crippen LogP contribution is -2.39. The van der Waals surface area contributed by atoms with Crippen molar-refractivity contribution in [3.8, 4) is 5.75 Å². The number of aromatic nitrogens is 2. The van der Waals surface area contributed by atoms with Crippen LogP contribution in [-0.2, 0) is 0 Å². The van der Waals surface area contributed by atoms with Crippen LogP contribution in [0.25, 0.3) is 20.2 Å². The summed E-state index contributed by atoms with van der Waals surface area (Å²) in [5, 5.41) is 8.16. The molecule has 2 aromatic carbocycles. The maximum absolute atomic E-state index is 14.3. The second-order valence-corrected chi connectivity index (χ2v) is 19.1. The molecule has 6 heterocycles. The van der Waals surface area contributed by atoms with Crippen LogP contribution in [0.3, 0.4) is 0 Å². The molecule has 4 aromatic heterocycles. The van der Waals surface area contributed by atoms with Crippen LogP contribution < -0.4 is 15.4 Å². The van der Waals surface area contributed by atoms with E-state index in [4.69, 9.17) is 4.74 Å². The van der Waals surface area contributed by atoms with Crippen LogP contribution in [0.1, 0.15) is 117 Å². The second kappa shape index (κ2) is 23.5. The molecule has 2 saturated heterocycles. The highest BCUT2D eigenvalue weighted by atomic mass is 32.1. The molecule has 8 rings (SSSR count). The van der Waals surface area contributed by atoms with E-state index in [0.29, 0.717) is 55.7 Å². The van der Waals surface area contributed by atoms with Crippen LogP contribution >= 0.6 is 22.7 Å². The Morgan fingerprint density at radius 2 is 1.22 bits per heavy atom. The average Bonchev–Trinajstić information content (AvgIpc) is 3.98. The topological polar surface area (TPSA) is 134 Å². The number of amides is 4. The van der Waals surface area contributed by atoms with E-state index in [0.717, 1.165) is 113 Å². The number of carbonyl (C=O) groups is 4. The number of hydrogen-bond acceptors (Lipinski definition) is 9. The van der Waals surface area contributed by atoms with E-state index in [1.165, 1.54) is 22.7 Å². The Balaban J connectivity index is 0.000000194. The molecule has 14 heteroatoms. The van der Waals surface area contributed by atoms with E-state index in [1.807, 2.05) is 60.4 Å². The van der Waals surface area contributed by atoms with Gasteiger partial charge in [0.05, 0.1) is 31.3 Å². The number of nitrogens with one attached hydrogen (secondary N) is 2. The third-order valence-electron chi connectivity index (χ3n) is 12.4. The van der Waals surface area contributed by atoms with Crippen molar-refractivity contribution in [1.82, 2.24) is 30.4 Å². The summed E-state index contributed by atoms with van der Waals surface area (Å²) in [6.45, 7) is 8.53. The molecule has 65 heavy (non-hydrogen) atoms. The van der Waals surface area contributed by atoms with E-state index >= 15 is 0 Å². The van der Waals surface area contributed by atoms with Crippen molar-refractivity contribution in [2.24, 2.45) is 11.8 Å². The van der Waals surface area contributed by atoms with Gasteiger partial charge in [-0.3, -0.25) is 29.1 Å². The van der Waals surface area contributed by atoms with Gasteiger partial charge >= 0.3 is 0 Å². The molecule has 2 fully saturated rings. The summed E-state index contributed by atoms with van der Waals surface area (Å²) >= 11 is 2.95. The molecule has 2 aliphatic rings. The van der Waals surface area contributed by atoms with Gasteiger partial charge in [0.2, 0.25) is 0 Å². The molecule has 0 saturated carbocycles. The summed E-state index contributed by atoms with van der Waals surface area (Å²) in [7, 11) is 0. The van der Waals surface area contributed by atoms with Gasteiger partial charge in [-0.15, -0.1) is 22.7 Å². The number of likely N-dealkylation sites (tertiary alicyclic amines) is 2. The lowest BCUT2D eigenvalue weighted by molar-refractivity contribution is 0.0675. The molecule has 0 unspecified atom stereocenters. The van der Waals surface area contributed by atoms with E-state index in [2.05, 4.69) is 20.6 Å². The number of aryl methyl sites for hydroxylation is 1. The molecule has 0 radical (unpaired) electrons. The molecule has 11 nitrogen and oxygen atoms in total. The number of rotatable bonds is 16. The molecular weight excluding hydrogens is 860 g/mol. The fourth-order valence-electron chi connectivity index (χ4n) is 8.59. The summed E-state index contributed by atoms with van der Waals surface area (Å²) < 4.78 is 21.8. The minimum Gasteiger partial charge on any atom is -0.494 e. The van der Waals surface area contributed by atoms with Gasteiger partial charge in [0, 0.05) is 69.6 Å². The first kappa shape index (κ1) is 47.2. The molecule has 0 bridgehead atoms. The number of hydrogen-bond donors (Lipinski definition) is 2. The average molecular weight is 919 g/mol. The summed E-state index contributed by atoms with van der Waals surface area (Å²) in [6, 6.07) is 20.1. The lowest BCUT2D eigenvalue weighted by atomic mass is 9.91. The van der Waals surface area contributed by atoms with Crippen molar-refractivity contribution in [2.45, 2.75) is 78.1 Å². The maximum Gasteiger partial charge on any atom is 0.261 e. The zero-order chi connectivity index (χ0) is 45.5. The van der Waals surface area contributed by atoms with Gasteiger partial charge in [-0.05, 0) is 129 Å². The Morgan fingerprint density at radius 3 is 1.74 bits per heavy atom. The number of unbranched alkanes of at least 4 members (excludes halogenated alkanes) is 2. The van der Waals surface area contributed by atoms with Gasteiger partial charge in [-0.2, -0.15) is 0 Å². The molecule has 0 aliphatic carbocycles. The van der Waals surface area contributed by atoms with Crippen molar-refractivity contribution in [1.29, 1.82) is 0 Å². The van der Waals surface area contributed by atoms with Gasteiger partial charge in [0.1, 0.15) is 11.6 Å². The normalized spacial score (nSPS) is 14.5. The zero-order valence-corrected chi connectivity index (χ0v) is 39.0. The van der Waals surface area contributed by atoms with Gasteiger partial charge in [-0.25, -0.2) is 4.39 Å². The molecule has 6 aromatic rings. The van der Waals surface area contributed by atoms with Gasteiger partial charge in [0.25, 0.3) is 23.6 Å². The largest absolute Gasteiger partial charge is 0.494 e. The molecule has 342 valence electrons. The molecule has 4 amide bonds. The second-order valence-electron chi connectivity index (χ2n) is 16.9. The summed E-state index contributed by atoms with van der Waals surface area (Å²) in [5.41, 5.74) is 1.38. The van der Waals surface area contributed by atoms with Crippen LogP contribution in [0, 0.1) is 24.6 Å². The molecule has 2 aliphatic heterocycles. The van der Waals surface area contributed by atoms with Crippen LogP contribution in [-0.4, -0.2) is 89.3 Å². The Morgan fingerprint density at radius 1 is 0.692 bits per heavy atom. The van der Waals surface area contributed by atoms with E-state index in [-0.39, 0.29) is 29.2 Å². The number of pyridine rings is 2. The van der Waals surface area contributed by atoms with Gasteiger partial charge in [-0.1, -0.05) is 43.9 Å². The highest BCUT2D eigenvalue weighted by Crippen LogP contribution is 2.28. The Kier molecular flexibility index (Phi) is 17.0. The van der Waals surface area contributed by atoms with E-state index in [1.54, 1.807) is 54.8 Å². The number of ether oxygens (including phenoxy) is 1. The molecule has 0 atom stereocenters. The number of carbonyl (C=O) groups excluding carboxylic acids is 4. The van der Waals surface area contributed by atoms with Crippen LogP contribution in [0.5, 0.6) is 5.75 Å². The first-order valence-electron chi connectivity index (χ1n) is 23.0. The zero-order valence-electron chi connectivity index (χ0n) is 37.4. The predicted octanol–water partition coefficient (Wildman–Crippen LogP) is 10.3. The third-order valence-corrected chi connectivity index (χ3v) is 14.5. The fourth-order valence-corrected chi connectivity index (χ4v) is 10.5. The Labute approximate surface area is 388 Å². The van der Waals surface area contributed by atoms with Crippen LogP contribution in [0.15, 0.2) is 91.5 Å². The smallest absolute Gasteiger partial charge is 0.261 e. The van der Waals surface area contributed by atoms with Gasteiger partial charge < -0.3 is 25.2 Å². The standard InChI is InChI=1S/C26H31N3O3S.C25H28FN3O2S/c1-2-32-22-8-5-7-21(16-22)26(31)29-14-10-19(11-15-29)6-3-4-12-28-25(30)23-17-20-9-13-27-18-24(20)33-23;1-17-5-4-7-20(23(17)26)25(31)29-13-9-18(10-14-29)6-2-3-11-28-24(30)21-15-19-8-12-27-16-22(19)32-21/h5,7-9,13,16-19H,2-4,6,10-12,14-15H2,1H3,(H,28,30);4-5,7-8,12,15-16,18H,2-3,6,9-11,13-14H2,1H3,(H,28,30). The molecule has 0 spiro atoms. The highest BCUT2D eigenvalue weighted by Gasteiger charge is 2.26. The minimum absolute atomic E-state index is 0.00331. The number of thiophene rings is 2. The highest BCUT2D eigenvalue weighted by molar-refractivity contribution is 7.21. The number of halogens is 1. The number of nitrogens with zero attached hydrogens (tertiary/aromatic N) is 4. The van der Waals surface area contributed by atoms with Crippen molar-refractivity contribution in [2.75, 3.05) is 45.9 Å². The first-order valence-corrected chi connectivity index (χ1v) is 24.6. The number of piperidine rings is 2. The van der Waals surface area contributed by atoms with Gasteiger partial charge in [0.15, 0.2) is 0 Å². The maximum atomic E-state index is 14.3. The van der Waals surface area contributed by atoms with Crippen molar-refractivity contribution in [3.63, 3.8) is 0 Å². The van der Waals surface area contributed by atoms with Crippen molar-refractivity contribution in [3.05, 3.63) is 124 Å². The van der Waals surface area contributed by atoms with Crippen molar-refractivity contribution < 1.29 is 28.3 Å². The number of benzene rings is 2. The lowest BCUT2D eigenvalue weighted by Gasteiger charge is -2.32. The summed E-state index contributed by atoms with van der Waals surface area (Å²) in [4.78, 5) is 63.6. The SMILES string of the molecule is CCOc1cccc(C(=O)N2CCC(CCCCNC(=O)c3cc4ccncc4s3)CC2)c1.Cc1cccc(C(=O)N2CCC(CCCCNC(=O)c3cc4ccncc4s3)CC2)c1F. The molecule has 2 N–H and O–H groups in total. The van der Waals surface area contributed by atoms with Crippen LogP contribution in [0.4, 0.5) is 4.39 Å². The first-order chi connectivity index (χ1) is 31.7. The summed E-state index contributed by atoms with van der Waals surface area (Å²) in [6.07, 6.45) is 17.3. The Bertz CT molecular complexity index is 2480. The van der Waals surface area contributed by atoms with Crippen LogP contribution in [0.2, 0.25) is 0 Å². The third kappa shape index (κ3) is 13.0. The fraction of sp³-hybridized carbons (Fsp3) is 0.412. The van der Waals surface area contributed by atoms with Crippen molar-refractivity contribution >= 4 is 66.5 Å². The molecular formula is C51H59FN6O5S2. The monoisotopic (exact) mass is 918 g/mol. The Hall–Kier alpha value is -5.73. The summed E-state index contributed by atoms with van der Waals surface area (Å²) in [5.74, 6) is 1.42. The quantitative estimate of drug-likeness (QED) is 0.0924. The predicted molar refractivity (Wildman–Crippen MR) is 258 cm³/mol. The van der Waals surface area contributed by atoms with E-state index in [9.17, 15) is 23.6 Å². The number of fused-ring (bicyclic) bond motifs is 2.